The number of rotatable bonds is 7. The van der Waals surface area contributed by atoms with Gasteiger partial charge in [0.15, 0.2) is 11.5 Å². The van der Waals surface area contributed by atoms with Crippen LogP contribution >= 0.6 is 0 Å². The lowest BCUT2D eigenvalue weighted by Crippen LogP contribution is -2.21. The molecule has 3 heterocycles. The number of hydrogen-bond donors (Lipinski definition) is 1. The lowest BCUT2D eigenvalue weighted by molar-refractivity contribution is 0.312. The van der Waals surface area contributed by atoms with Crippen molar-refractivity contribution >= 4 is 0 Å². The minimum absolute atomic E-state index is 0.146. The molecule has 0 saturated carbocycles. The van der Waals surface area contributed by atoms with Crippen LogP contribution in [-0.4, -0.2) is 54.3 Å². The maximum atomic E-state index is 12.2. The summed E-state index contributed by atoms with van der Waals surface area (Å²) in [6, 6.07) is 9.20. The zero-order chi connectivity index (χ0) is 21.8. The average Bonchev–Trinajstić information content (AvgIpc) is 3.27. The van der Waals surface area contributed by atoms with Crippen molar-refractivity contribution in [1.29, 1.82) is 0 Å². The van der Waals surface area contributed by atoms with Gasteiger partial charge in [-0.3, -0.25) is 14.7 Å². The molecule has 2 aromatic heterocycles. The molecule has 0 amide bonds. The Bertz CT molecular complexity index is 1080. The van der Waals surface area contributed by atoms with Gasteiger partial charge in [0.2, 0.25) is 5.75 Å². The lowest BCUT2D eigenvalue weighted by atomic mass is 10.1. The summed E-state index contributed by atoms with van der Waals surface area (Å²) in [7, 11) is 4.83. The van der Waals surface area contributed by atoms with Crippen LogP contribution in [0, 0.1) is 0 Å². The van der Waals surface area contributed by atoms with Gasteiger partial charge in [-0.25, -0.2) is 4.98 Å². The van der Waals surface area contributed by atoms with Crippen molar-refractivity contribution in [3.63, 3.8) is 0 Å². The van der Waals surface area contributed by atoms with Crippen LogP contribution < -0.4 is 19.8 Å². The van der Waals surface area contributed by atoms with Gasteiger partial charge in [0, 0.05) is 43.0 Å². The van der Waals surface area contributed by atoms with Crippen LogP contribution in [0.1, 0.15) is 23.7 Å². The van der Waals surface area contributed by atoms with Crippen LogP contribution in [0.5, 0.6) is 17.2 Å². The highest BCUT2D eigenvalue weighted by molar-refractivity contribution is 5.57. The second kappa shape index (κ2) is 9.18. The molecule has 1 saturated heterocycles. The van der Waals surface area contributed by atoms with E-state index in [4.69, 9.17) is 19.2 Å². The molecule has 0 radical (unpaired) electrons. The standard InChI is InChI=1S/C23H26N4O4/c1-29-19-9-15(10-20(30-2)22(19)31-3)13-27-8-6-17(14-27)23-25-18(11-21(28)26-23)16-5-4-7-24-12-16/h4-5,7,9-12,17H,6,8,13-14H2,1-3H3,(H,25,26,28). The highest BCUT2D eigenvalue weighted by Crippen LogP contribution is 2.39. The number of methoxy groups -OCH3 is 3. The summed E-state index contributed by atoms with van der Waals surface area (Å²) in [5, 5.41) is 0. The number of pyridine rings is 1. The number of H-pyrrole nitrogens is 1. The van der Waals surface area contributed by atoms with E-state index in [1.807, 2.05) is 24.3 Å². The largest absolute Gasteiger partial charge is 0.493 e. The third kappa shape index (κ3) is 4.54. The van der Waals surface area contributed by atoms with Gasteiger partial charge in [-0.1, -0.05) is 0 Å². The lowest BCUT2D eigenvalue weighted by Gasteiger charge is -2.19. The molecule has 0 spiro atoms. The molecule has 1 aromatic carbocycles. The number of likely N-dealkylation sites (tertiary alicyclic amines) is 1. The first-order chi connectivity index (χ1) is 15.1. The molecule has 1 aliphatic heterocycles. The summed E-state index contributed by atoms with van der Waals surface area (Å²) in [6.45, 7) is 2.44. The Hall–Kier alpha value is -3.39. The highest BCUT2D eigenvalue weighted by atomic mass is 16.5. The number of aromatic amines is 1. The Morgan fingerprint density at radius 3 is 2.55 bits per heavy atom. The molecule has 0 bridgehead atoms. The average molecular weight is 422 g/mol. The normalized spacial score (nSPS) is 16.3. The van der Waals surface area contributed by atoms with Gasteiger partial charge in [-0.05, 0) is 42.8 Å². The summed E-state index contributed by atoms with van der Waals surface area (Å²) in [6.07, 6.45) is 4.34. The smallest absolute Gasteiger partial charge is 0.251 e. The fourth-order valence-electron chi connectivity index (χ4n) is 4.02. The van der Waals surface area contributed by atoms with E-state index in [1.54, 1.807) is 33.7 Å². The van der Waals surface area contributed by atoms with Gasteiger partial charge in [0.05, 0.1) is 27.0 Å². The predicted octanol–water partition coefficient (Wildman–Crippen LogP) is 2.85. The minimum atomic E-state index is -0.146. The second-order valence-electron chi connectivity index (χ2n) is 7.51. The Labute approximate surface area is 180 Å². The fraction of sp³-hybridized carbons (Fsp3) is 0.348. The number of ether oxygens (including phenoxy) is 3. The number of nitrogens with one attached hydrogen (secondary N) is 1. The van der Waals surface area contributed by atoms with E-state index >= 15 is 0 Å². The van der Waals surface area contributed by atoms with E-state index in [-0.39, 0.29) is 11.5 Å². The van der Waals surface area contributed by atoms with Crippen LogP contribution in [0.25, 0.3) is 11.3 Å². The van der Waals surface area contributed by atoms with Crippen molar-refractivity contribution < 1.29 is 14.2 Å². The molecule has 1 N–H and O–H groups in total. The van der Waals surface area contributed by atoms with E-state index < -0.39 is 0 Å². The Kier molecular flexibility index (Phi) is 6.18. The number of nitrogens with zero attached hydrogens (tertiary/aromatic N) is 3. The van der Waals surface area contributed by atoms with Crippen LogP contribution in [0.2, 0.25) is 0 Å². The zero-order valence-electron chi connectivity index (χ0n) is 17.9. The Morgan fingerprint density at radius 2 is 1.90 bits per heavy atom. The van der Waals surface area contributed by atoms with E-state index in [0.29, 0.717) is 22.9 Å². The number of hydrogen-bond acceptors (Lipinski definition) is 7. The molecule has 8 nitrogen and oxygen atoms in total. The monoisotopic (exact) mass is 422 g/mol. The molecule has 0 aliphatic carbocycles. The van der Waals surface area contributed by atoms with E-state index in [1.165, 1.54) is 6.07 Å². The van der Waals surface area contributed by atoms with Gasteiger partial charge >= 0.3 is 0 Å². The van der Waals surface area contributed by atoms with Crippen molar-refractivity contribution in [3.8, 4) is 28.5 Å². The fourth-order valence-corrected chi connectivity index (χ4v) is 4.02. The predicted molar refractivity (Wildman–Crippen MR) is 117 cm³/mol. The maximum Gasteiger partial charge on any atom is 0.251 e. The van der Waals surface area contributed by atoms with Crippen molar-refractivity contribution in [2.45, 2.75) is 18.9 Å². The molecule has 1 atom stereocenters. The van der Waals surface area contributed by atoms with Crippen LogP contribution in [0.4, 0.5) is 0 Å². The van der Waals surface area contributed by atoms with Crippen LogP contribution in [0.15, 0.2) is 47.5 Å². The summed E-state index contributed by atoms with van der Waals surface area (Å²) in [5.41, 5.74) is 2.41. The maximum absolute atomic E-state index is 12.2. The third-order valence-corrected chi connectivity index (χ3v) is 5.51. The third-order valence-electron chi connectivity index (χ3n) is 5.51. The summed E-state index contributed by atoms with van der Waals surface area (Å²) in [4.78, 5) is 26.4. The minimum Gasteiger partial charge on any atom is -0.493 e. The molecule has 1 unspecified atom stereocenters. The molecule has 162 valence electrons. The molecule has 1 aliphatic rings. The zero-order valence-corrected chi connectivity index (χ0v) is 17.9. The molecule has 31 heavy (non-hydrogen) atoms. The number of aromatic nitrogens is 3. The molecule has 8 heteroatoms. The number of benzene rings is 1. The molecular formula is C23H26N4O4. The summed E-state index contributed by atoms with van der Waals surface area (Å²) >= 11 is 0. The first-order valence-electron chi connectivity index (χ1n) is 10.1. The molecule has 3 aromatic rings. The van der Waals surface area contributed by atoms with E-state index in [9.17, 15) is 4.79 Å². The van der Waals surface area contributed by atoms with Crippen molar-refractivity contribution in [1.82, 2.24) is 19.9 Å². The van der Waals surface area contributed by atoms with Crippen molar-refractivity contribution in [2.75, 3.05) is 34.4 Å². The van der Waals surface area contributed by atoms with Crippen molar-refractivity contribution in [2.24, 2.45) is 0 Å². The van der Waals surface area contributed by atoms with Crippen LogP contribution in [0.3, 0.4) is 0 Å². The highest BCUT2D eigenvalue weighted by Gasteiger charge is 2.27. The quantitative estimate of drug-likeness (QED) is 0.626. The van der Waals surface area contributed by atoms with E-state index in [0.717, 1.165) is 43.0 Å². The van der Waals surface area contributed by atoms with Crippen molar-refractivity contribution in [3.05, 3.63) is 64.5 Å². The van der Waals surface area contributed by atoms with Gasteiger partial charge in [-0.15, -0.1) is 0 Å². The van der Waals surface area contributed by atoms with Gasteiger partial charge in [0.25, 0.3) is 5.56 Å². The second-order valence-corrected chi connectivity index (χ2v) is 7.51. The van der Waals surface area contributed by atoms with Gasteiger partial charge < -0.3 is 19.2 Å². The van der Waals surface area contributed by atoms with Crippen LogP contribution in [-0.2, 0) is 6.54 Å². The Morgan fingerprint density at radius 1 is 1.13 bits per heavy atom. The van der Waals surface area contributed by atoms with Gasteiger partial charge in [0.1, 0.15) is 5.82 Å². The SMILES string of the molecule is COc1cc(CN2CCC(c3nc(-c4cccnc4)cc(=O)[nH]3)C2)cc(OC)c1OC. The first kappa shape index (κ1) is 20.9. The Balaban J connectivity index is 1.52. The molecule has 1 fully saturated rings. The van der Waals surface area contributed by atoms with E-state index in [2.05, 4.69) is 14.9 Å². The van der Waals surface area contributed by atoms with Gasteiger partial charge in [-0.2, -0.15) is 0 Å². The first-order valence-corrected chi connectivity index (χ1v) is 10.1. The summed E-state index contributed by atoms with van der Waals surface area (Å²) in [5.74, 6) is 2.75. The summed E-state index contributed by atoms with van der Waals surface area (Å²) < 4.78 is 16.3. The molecule has 4 rings (SSSR count). The topological polar surface area (TPSA) is 89.6 Å². The molecular weight excluding hydrogens is 396 g/mol.